The van der Waals surface area contributed by atoms with Crippen LogP contribution in [0, 0.1) is 0 Å². The molecule has 1 rings (SSSR count). The Morgan fingerprint density at radius 2 is 1.87 bits per heavy atom. The zero-order valence-electron chi connectivity index (χ0n) is 15.3. The number of hydrogen-bond acceptors (Lipinski definition) is 2. The number of nitrogens with zero attached hydrogens (tertiary/aromatic N) is 1. The third-order valence-corrected chi connectivity index (χ3v) is 2.83. The van der Waals surface area contributed by atoms with Crippen LogP contribution in [0.25, 0.3) is 0 Å². The van der Waals surface area contributed by atoms with E-state index in [0.717, 1.165) is 12.5 Å². The Bertz CT molecular complexity index is 481. The lowest BCUT2D eigenvalue weighted by Crippen LogP contribution is -2.47. The molecular formula is C18H32IN3O. The lowest BCUT2D eigenvalue weighted by molar-refractivity contribution is 0.0657. The maximum atomic E-state index is 5.65. The quantitative estimate of drug-likeness (QED) is 0.404. The molecule has 4 nitrogen and oxygen atoms in total. The summed E-state index contributed by atoms with van der Waals surface area (Å²) in [4.78, 5) is 4.66. The molecule has 5 heteroatoms. The third kappa shape index (κ3) is 10.5. The molecule has 0 heterocycles. The summed E-state index contributed by atoms with van der Waals surface area (Å²) in [7, 11) is 0. The highest BCUT2D eigenvalue weighted by Crippen LogP contribution is 2.09. The number of nitrogens with one attached hydrogen (secondary N) is 2. The van der Waals surface area contributed by atoms with Gasteiger partial charge in [0.2, 0.25) is 0 Å². The summed E-state index contributed by atoms with van der Waals surface area (Å²) in [6.07, 6.45) is 0.248. The van der Waals surface area contributed by atoms with Gasteiger partial charge in [0.25, 0.3) is 0 Å². The number of aliphatic imine (C=N–C) groups is 1. The summed E-state index contributed by atoms with van der Waals surface area (Å²) < 4.78 is 5.65. The molecule has 0 atom stereocenters. The van der Waals surface area contributed by atoms with E-state index in [2.05, 4.69) is 81.4 Å². The molecule has 0 amide bonds. The average Bonchev–Trinajstić information content (AvgIpc) is 2.42. The molecule has 0 fully saturated rings. The molecule has 0 saturated carbocycles. The molecule has 2 N–H and O–H groups in total. The molecule has 0 bridgehead atoms. The van der Waals surface area contributed by atoms with E-state index >= 15 is 0 Å². The molecule has 1 aromatic carbocycles. The molecule has 0 aromatic heterocycles. The van der Waals surface area contributed by atoms with Gasteiger partial charge in [0.05, 0.1) is 19.3 Å². The molecule has 23 heavy (non-hydrogen) atoms. The molecule has 132 valence electrons. The van der Waals surface area contributed by atoms with Crippen LogP contribution in [-0.4, -0.2) is 24.1 Å². The second-order valence-electron chi connectivity index (χ2n) is 6.75. The van der Waals surface area contributed by atoms with Gasteiger partial charge in [-0.3, -0.25) is 0 Å². The number of guanidine groups is 1. The predicted molar refractivity (Wildman–Crippen MR) is 109 cm³/mol. The maximum absolute atomic E-state index is 5.65. The van der Waals surface area contributed by atoms with Gasteiger partial charge in [-0.25, -0.2) is 4.99 Å². The first kappa shape index (κ1) is 22.2. The Kier molecular flexibility index (Phi) is 10.5. The summed E-state index contributed by atoms with van der Waals surface area (Å²) in [6.45, 7) is 14.7. The Morgan fingerprint density at radius 1 is 1.22 bits per heavy atom. The fourth-order valence-corrected chi connectivity index (χ4v) is 1.91. The molecule has 0 aliphatic carbocycles. The largest absolute Gasteiger partial charge is 0.374 e. The minimum Gasteiger partial charge on any atom is -0.374 e. The van der Waals surface area contributed by atoms with Gasteiger partial charge in [0.1, 0.15) is 0 Å². The van der Waals surface area contributed by atoms with E-state index in [1.54, 1.807) is 0 Å². The number of hydrogen-bond donors (Lipinski definition) is 2. The van der Waals surface area contributed by atoms with Gasteiger partial charge >= 0.3 is 0 Å². The van der Waals surface area contributed by atoms with Crippen LogP contribution in [0.2, 0.25) is 0 Å². The highest BCUT2D eigenvalue weighted by Gasteiger charge is 2.11. The number of rotatable bonds is 6. The smallest absolute Gasteiger partial charge is 0.191 e. The molecule has 0 aliphatic rings. The van der Waals surface area contributed by atoms with E-state index in [1.807, 2.05) is 0 Å². The van der Waals surface area contributed by atoms with Crippen molar-refractivity contribution in [1.82, 2.24) is 10.6 Å². The van der Waals surface area contributed by atoms with Crippen molar-refractivity contribution in [3.8, 4) is 0 Å². The van der Waals surface area contributed by atoms with Crippen LogP contribution in [0.1, 0.15) is 52.7 Å². The fraction of sp³-hybridized carbons (Fsp3) is 0.611. The van der Waals surface area contributed by atoms with Gasteiger partial charge in [-0.05, 0) is 52.7 Å². The van der Waals surface area contributed by atoms with Gasteiger partial charge in [0.15, 0.2) is 5.96 Å². The van der Waals surface area contributed by atoms with Crippen LogP contribution in [0.4, 0.5) is 0 Å². The normalized spacial score (nSPS) is 12.0. The van der Waals surface area contributed by atoms with E-state index in [0.29, 0.717) is 13.2 Å². The van der Waals surface area contributed by atoms with Crippen molar-refractivity contribution in [2.24, 2.45) is 4.99 Å². The summed E-state index contributed by atoms with van der Waals surface area (Å²) in [5.74, 6) is 0.846. The summed E-state index contributed by atoms with van der Waals surface area (Å²) in [6, 6.07) is 8.41. The molecular weight excluding hydrogens is 401 g/mol. The van der Waals surface area contributed by atoms with Crippen molar-refractivity contribution in [3.05, 3.63) is 35.4 Å². The minimum atomic E-state index is -0.00600. The maximum Gasteiger partial charge on any atom is 0.191 e. The van der Waals surface area contributed by atoms with Crippen LogP contribution >= 0.6 is 24.0 Å². The third-order valence-electron chi connectivity index (χ3n) is 2.83. The van der Waals surface area contributed by atoms with E-state index < -0.39 is 0 Å². The first-order valence-electron chi connectivity index (χ1n) is 8.06. The molecule has 1 aromatic rings. The van der Waals surface area contributed by atoms with Crippen molar-refractivity contribution in [1.29, 1.82) is 0 Å². The molecule has 0 unspecified atom stereocenters. The van der Waals surface area contributed by atoms with Crippen molar-refractivity contribution in [3.63, 3.8) is 0 Å². The lowest BCUT2D eigenvalue weighted by atomic mass is 10.1. The number of ether oxygens (including phenoxy) is 1. The average molecular weight is 433 g/mol. The van der Waals surface area contributed by atoms with Crippen molar-refractivity contribution in [2.45, 2.75) is 66.3 Å². The van der Waals surface area contributed by atoms with Gasteiger partial charge in [-0.15, -0.1) is 24.0 Å². The summed E-state index contributed by atoms with van der Waals surface area (Å²) in [5, 5.41) is 6.67. The van der Waals surface area contributed by atoms with Crippen molar-refractivity contribution < 1.29 is 4.74 Å². The summed E-state index contributed by atoms with van der Waals surface area (Å²) in [5.41, 5.74) is 2.37. The highest BCUT2D eigenvalue weighted by molar-refractivity contribution is 14.0. The minimum absolute atomic E-state index is 0. The van der Waals surface area contributed by atoms with Crippen molar-refractivity contribution >= 4 is 29.9 Å². The first-order valence-corrected chi connectivity index (χ1v) is 8.06. The van der Waals surface area contributed by atoms with Gasteiger partial charge in [-0.1, -0.05) is 24.3 Å². The van der Waals surface area contributed by atoms with Crippen LogP contribution in [0.3, 0.4) is 0 Å². The first-order chi connectivity index (χ1) is 10.3. The molecule has 0 spiro atoms. The zero-order valence-corrected chi connectivity index (χ0v) is 17.6. The second-order valence-corrected chi connectivity index (χ2v) is 6.75. The second kappa shape index (κ2) is 10.9. The van der Waals surface area contributed by atoms with Crippen LogP contribution in [0.5, 0.6) is 0 Å². The molecule has 0 saturated heterocycles. The molecule has 0 aliphatic heterocycles. The Labute approximate surface area is 158 Å². The topological polar surface area (TPSA) is 45.7 Å². The van der Waals surface area contributed by atoms with Gasteiger partial charge < -0.3 is 15.4 Å². The highest BCUT2D eigenvalue weighted by atomic mass is 127. The van der Waals surface area contributed by atoms with Crippen LogP contribution in [0.15, 0.2) is 29.3 Å². The number of halogens is 1. The van der Waals surface area contributed by atoms with Gasteiger partial charge in [0, 0.05) is 12.1 Å². The SMILES string of the molecule is CCNC(=NCc1cccc(COC(C)C)c1)NC(C)(C)C.I. The standard InChI is InChI=1S/C18H31N3O.HI/c1-7-19-17(21-18(4,5)6)20-12-15-9-8-10-16(11-15)13-22-14(2)3;/h8-11,14H,7,12-13H2,1-6H3,(H2,19,20,21);1H. The lowest BCUT2D eigenvalue weighted by Gasteiger charge is -2.23. The Balaban J connectivity index is 0.00000484. The van der Waals surface area contributed by atoms with E-state index in [-0.39, 0.29) is 35.6 Å². The fourth-order valence-electron chi connectivity index (χ4n) is 1.91. The van der Waals surface area contributed by atoms with Crippen LogP contribution < -0.4 is 10.6 Å². The van der Waals surface area contributed by atoms with E-state index in [1.165, 1.54) is 11.1 Å². The number of benzene rings is 1. The van der Waals surface area contributed by atoms with E-state index in [9.17, 15) is 0 Å². The Hall–Kier alpha value is -0.820. The predicted octanol–water partition coefficient (Wildman–Crippen LogP) is 4.08. The summed E-state index contributed by atoms with van der Waals surface area (Å²) >= 11 is 0. The van der Waals surface area contributed by atoms with Crippen molar-refractivity contribution in [2.75, 3.05) is 6.54 Å². The zero-order chi connectivity index (χ0) is 16.6. The Morgan fingerprint density at radius 3 is 2.43 bits per heavy atom. The van der Waals surface area contributed by atoms with E-state index in [4.69, 9.17) is 4.74 Å². The van der Waals surface area contributed by atoms with Gasteiger partial charge in [-0.2, -0.15) is 0 Å². The molecule has 0 radical (unpaired) electrons. The van der Waals surface area contributed by atoms with Crippen LogP contribution in [-0.2, 0) is 17.9 Å². The monoisotopic (exact) mass is 433 g/mol.